The van der Waals surface area contributed by atoms with Crippen LogP contribution in [0.2, 0.25) is 0 Å². The lowest BCUT2D eigenvalue weighted by Crippen LogP contribution is -2.37. The Labute approximate surface area is 169 Å². The van der Waals surface area contributed by atoms with Gasteiger partial charge in [-0.3, -0.25) is 9.59 Å². The van der Waals surface area contributed by atoms with Crippen LogP contribution >= 0.6 is 0 Å². The van der Waals surface area contributed by atoms with E-state index in [2.05, 4.69) is 0 Å². The quantitative estimate of drug-likeness (QED) is 0.552. The number of esters is 1. The highest BCUT2D eigenvalue weighted by Gasteiger charge is 2.29. The smallest absolute Gasteiger partial charge is 0.307 e. The molecular formula is C24H22FNO3. The van der Waals surface area contributed by atoms with Crippen LogP contribution in [0.5, 0.6) is 0 Å². The molecule has 0 spiro atoms. The lowest BCUT2D eigenvalue weighted by atomic mass is 9.96. The predicted molar refractivity (Wildman–Crippen MR) is 109 cm³/mol. The summed E-state index contributed by atoms with van der Waals surface area (Å²) in [6, 6.07) is 24.4. The summed E-state index contributed by atoms with van der Waals surface area (Å²) in [5.74, 6) is -1.51. The van der Waals surface area contributed by atoms with Gasteiger partial charge in [0.15, 0.2) is 0 Å². The first-order valence-electron chi connectivity index (χ1n) is 9.34. The van der Waals surface area contributed by atoms with E-state index in [1.807, 2.05) is 60.7 Å². The van der Waals surface area contributed by atoms with Gasteiger partial charge in [-0.25, -0.2) is 4.39 Å². The molecule has 0 saturated carbocycles. The summed E-state index contributed by atoms with van der Waals surface area (Å²) in [5, 5.41) is 0. The lowest BCUT2D eigenvalue weighted by Gasteiger charge is -2.33. The minimum atomic E-state index is -0.597. The predicted octanol–water partition coefficient (Wildman–Crippen LogP) is 4.62. The molecule has 0 heterocycles. The van der Waals surface area contributed by atoms with Crippen molar-refractivity contribution in [1.29, 1.82) is 0 Å². The van der Waals surface area contributed by atoms with Crippen LogP contribution < -0.4 is 0 Å². The molecule has 3 aromatic rings. The number of benzene rings is 3. The molecule has 3 rings (SSSR count). The first kappa shape index (κ1) is 20.3. The van der Waals surface area contributed by atoms with Gasteiger partial charge in [-0.05, 0) is 23.3 Å². The molecule has 0 aliphatic carbocycles. The molecule has 0 unspecified atom stereocenters. The Morgan fingerprint density at radius 3 is 1.90 bits per heavy atom. The van der Waals surface area contributed by atoms with E-state index in [-0.39, 0.29) is 18.5 Å². The fourth-order valence-corrected chi connectivity index (χ4v) is 3.27. The molecule has 0 aromatic heterocycles. The minimum Gasteiger partial charge on any atom is -0.469 e. The summed E-state index contributed by atoms with van der Waals surface area (Å²) in [7, 11) is 1.30. The number of nitrogens with zero attached hydrogens (tertiary/aromatic N) is 1. The number of halogens is 1. The van der Waals surface area contributed by atoms with Crippen LogP contribution in [0.25, 0.3) is 0 Å². The summed E-state index contributed by atoms with van der Waals surface area (Å²) >= 11 is 0. The summed E-state index contributed by atoms with van der Waals surface area (Å²) < 4.78 is 19.1. The van der Waals surface area contributed by atoms with E-state index < -0.39 is 23.7 Å². The average Bonchev–Trinajstić information content (AvgIpc) is 2.77. The second-order valence-electron chi connectivity index (χ2n) is 6.53. The van der Waals surface area contributed by atoms with Gasteiger partial charge >= 0.3 is 5.97 Å². The molecule has 0 fully saturated rings. The summed E-state index contributed by atoms with van der Waals surface area (Å²) in [5.41, 5.74) is 1.70. The fraction of sp³-hybridized carbons (Fsp3) is 0.167. The largest absolute Gasteiger partial charge is 0.469 e. The van der Waals surface area contributed by atoms with Crippen molar-refractivity contribution < 1.29 is 18.7 Å². The molecule has 5 heteroatoms. The zero-order chi connectivity index (χ0) is 20.6. The van der Waals surface area contributed by atoms with E-state index in [9.17, 15) is 14.0 Å². The zero-order valence-corrected chi connectivity index (χ0v) is 16.1. The van der Waals surface area contributed by atoms with Gasteiger partial charge in [0.1, 0.15) is 5.82 Å². The monoisotopic (exact) mass is 391 g/mol. The Morgan fingerprint density at radius 1 is 0.862 bits per heavy atom. The topological polar surface area (TPSA) is 46.6 Å². The van der Waals surface area contributed by atoms with Crippen LogP contribution in [0.4, 0.5) is 4.39 Å². The summed E-state index contributed by atoms with van der Waals surface area (Å²) in [6.45, 7) is 0.0916. The van der Waals surface area contributed by atoms with Crippen LogP contribution in [-0.4, -0.2) is 30.4 Å². The third-order valence-corrected chi connectivity index (χ3v) is 4.69. The Kier molecular flexibility index (Phi) is 6.74. The third kappa shape index (κ3) is 4.88. The Morgan fingerprint density at radius 2 is 1.38 bits per heavy atom. The zero-order valence-electron chi connectivity index (χ0n) is 16.1. The normalized spacial score (nSPS) is 10.6. The SMILES string of the molecule is COC(=O)CCN(C(=O)c1ccccc1F)C(c1ccccc1)c1ccccc1. The van der Waals surface area contributed by atoms with Crippen molar-refractivity contribution in [1.82, 2.24) is 4.90 Å². The molecule has 0 bridgehead atoms. The maximum absolute atomic E-state index is 14.4. The van der Waals surface area contributed by atoms with E-state index >= 15 is 0 Å². The van der Waals surface area contributed by atoms with Crippen LogP contribution in [0, 0.1) is 5.82 Å². The number of carbonyl (C=O) groups is 2. The highest BCUT2D eigenvalue weighted by atomic mass is 19.1. The molecule has 4 nitrogen and oxygen atoms in total. The summed E-state index contributed by atoms with van der Waals surface area (Å²) in [4.78, 5) is 26.7. The molecule has 1 amide bonds. The molecule has 0 N–H and O–H groups in total. The van der Waals surface area contributed by atoms with E-state index in [0.717, 1.165) is 11.1 Å². The van der Waals surface area contributed by atoms with E-state index in [1.54, 1.807) is 6.07 Å². The molecule has 0 atom stereocenters. The van der Waals surface area contributed by atoms with Crippen molar-refractivity contribution in [2.24, 2.45) is 0 Å². The maximum Gasteiger partial charge on any atom is 0.307 e. The standard InChI is InChI=1S/C24H22FNO3/c1-29-22(27)16-17-26(24(28)20-14-8-9-15-21(20)25)23(18-10-4-2-5-11-18)19-12-6-3-7-13-19/h2-15,23H,16-17H2,1H3. The number of hydrogen-bond acceptors (Lipinski definition) is 3. The number of amides is 1. The first-order chi connectivity index (χ1) is 14.1. The van der Waals surface area contributed by atoms with Crippen molar-refractivity contribution in [3.8, 4) is 0 Å². The average molecular weight is 391 g/mol. The van der Waals surface area contributed by atoms with Gasteiger partial charge in [0.05, 0.1) is 25.1 Å². The Balaban J connectivity index is 2.08. The van der Waals surface area contributed by atoms with Gasteiger partial charge in [0.2, 0.25) is 0 Å². The van der Waals surface area contributed by atoms with Gasteiger partial charge in [-0.15, -0.1) is 0 Å². The van der Waals surface area contributed by atoms with Crippen LogP contribution in [0.15, 0.2) is 84.9 Å². The minimum absolute atomic E-state index is 0.00681. The first-order valence-corrected chi connectivity index (χ1v) is 9.34. The third-order valence-electron chi connectivity index (χ3n) is 4.69. The van der Waals surface area contributed by atoms with Gasteiger partial charge in [0, 0.05) is 6.54 Å². The van der Waals surface area contributed by atoms with Crippen molar-refractivity contribution in [2.75, 3.05) is 13.7 Å². The van der Waals surface area contributed by atoms with Crippen LogP contribution in [0.3, 0.4) is 0 Å². The van der Waals surface area contributed by atoms with Crippen molar-refractivity contribution in [3.05, 3.63) is 107 Å². The molecule has 29 heavy (non-hydrogen) atoms. The van der Waals surface area contributed by atoms with Crippen molar-refractivity contribution >= 4 is 11.9 Å². The van der Waals surface area contributed by atoms with Gasteiger partial charge in [-0.1, -0.05) is 72.8 Å². The number of ether oxygens (including phenoxy) is 1. The van der Waals surface area contributed by atoms with Gasteiger partial charge < -0.3 is 9.64 Å². The fourth-order valence-electron chi connectivity index (χ4n) is 3.27. The van der Waals surface area contributed by atoms with Gasteiger partial charge in [-0.2, -0.15) is 0 Å². The lowest BCUT2D eigenvalue weighted by molar-refractivity contribution is -0.140. The second-order valence-corrected chi connectivity index (χ2v) is 6.53. The highest BCUT2D eigenvalue weighted by molar-refractivity contribution is 5.95. The second kappa shape index (κ2) is 9.64. The molecule has 148 valence electrons. The Bertz CT molecular complexity index is 921. The number of rotatable bonds is 7. The van der Waals surface area contributed by atoms with Crippen molar-refractivity contribution in [3.63, 3.8) is 0 Å². The van der Waals surface area contributed by atoms with Crippen LogP contribution in [0.1, 0.15) is 33.9 Å². The molecule has 0 saturated heterocycles. The number of carbonyl (C=O) groups excluding carboxylic acids is 2. The van der Waals surface area contributed by atoms with E-state index in [0.29, 0.717) is 0 Å². The molecule has 0 aliphatic heterocycles. The molecular weight excluding hydrogens is 369 g/mol. The Hall–Kier alpha value is -3.47. The number of hydrogen-bond donors (Lipinski definition) is 0. The highest BCUT2D eigenvalue weighted by Crippen LogP contribution is 2.30. The van der Waals surface area contributed by atoms with Crippen LogP contribution in [-0.2, 0) is 9.53 Å². The maximum atomic E-state index is 14.4. The van der Waals surface area contributed by atoms with E-state index in [1.165, 1.54) is 30.2 Å². The van der Waals surface area contributed by atoms with E-state index in [4.69, 9.17) is 4.74 Å². The molecule has 3 aromatic carbocycles. The van der Waals surface area contributed by atoms with Crippen molar-refractivity contribution in [2.45, 2.75) is 12.5 Å². The van der Waals surface area contributed by atoms with Gasteiger partial charge in [0.25, 0.3) is 5.91 Å². The summed E-state index contributed by atoms with van der Waals surface area (Å²) in [6.07, 6.45) is 0.00681. The molecule has 0 radical (unpaired) electrons. The molecule has 0 aliphatic rings. The number of methoxy groups -OCH3 is 1.